The molecule has 0 radical (unpaired) electrons. The molecule has 2 aromatic carbocycles. The van der Waals surface area contributed by atoms with Crippen molar-refractivity contribution in [2.45, 2.75) is 19.3 Å². The molecule has 0 bridgehead atoms. The second kappa shape index (κ2) is 4.62. The van der Waals surface area contributed by atoms with Crippen LogP contribution >= 0.6 is 15.9 Å². The highest BCUT2D eigenvalue weighted by molar-refractivity contribution is 9.10. The Morgan fingerprint density at radius 3 is 2.25 bits per heavy atom. The molecule has 2 aromatic rings. The van der Waals surface area contributed by atoms with Crippen molar-refractivity contribution in [1.29, 1.82) is 0 Å². The first-order chi connectivity index (χ1) is 9.43. The Morgan fingerprint density at radius 1 is 1.00 bits per heavy atom. The van der Waals surface area contributed by atoms with E-state index >= 15 is 0 Å². The highest BCUT2D eigenvalue weighted by atomic mass is 79.9. The number of benzene rings is 2. The van der Waals surface area contributed by atoms with E-state index in [0.717, 1.165) is 21.3 Å². The molecule has 1 aliphatic heterocycles. The van der Waals surface area contributed by atoms with Crippen LogP contribution in [0, 0.1) is 0 Å². The number of ether oxygens (including phenoxy) is 1. The molecule has 0 saturated carbocycles. The van der Waals surface area contributed by atoms with E-state index in [1.165, 1.54) is 0 Å². The van der Waals surface area contributed by atoms with Crippen LogP contribution in [0.4, 0.5) is 0 Å². The van der Waals surface area contributed by atoms with Crippen molar-refractivity contribution in [1.82, 2.24) is 0 Å². The number of fused-ring (bicyclic) bond motifs is 2. The maximum Gasteiger partial charge on any atom is 0.492 e. The normalized spacial score (nSPS) is 15.1. The number of para-hydroxylation sites is 2. The monoisotopic (exact) mass is 332 g/mol. The summed E-state index contributed by atoms with van der Waals surface area (Å²) in [6.45, 7) is 4.21. The minimum atomic E-state index is -1.55. The smallest absolute Gasteiger partial charge is 0.456 e. The molecular weight excluding hydrogens is 319 g/mol. The van der Waals surface area contributed by atoms with Crippen LogP contribution in [-0.4, -0.2) is 17.2 Å². The molecule has 5 heteroatoms. The highest BCUT2D eigenvalue weighted by Gasteiger charge is 2.37. The fourth-order valence-corrected chi connectivity index (χ4v) is 3.16. The lowest BCUT2D eigenvalue weighted by atomic mass is 9.70. The van der Waals surface area contributed by atoms with Crippen LogP contribution in [0.25, 0.3) is 0 Å². The quantitative estimate of drug-likeness (QED) is 0.789. The van der Waals surface area contributed by atoms with Gasteiger partial charge in [0.15, 0.2) is 0 Å². The van der Waals surface area contributed by atoms with Crippen molar-refractivity contribution in [2.75, 3.05) is 0 Å². The summed E-state index contributed by atoms with van der Waals surface area (Å²) in [7, 11) is -1.55. The van der Waals surface area contributed by atoms with Crippen molar-refractivity contribution < 1.29 is 14.8 Å². The molecule has 0 unspecified atom stereocenters. The van der Waals surface area contributed by atoms with Crippen LogP contribution in [0.15, 0.2) is 40.9 Å². The molecule has 102 valence electrons. The second-order valence-corrected chi connectivity index (χ2v) is 6.30. The highest BCUT2D eigenvalue weighted by Crippen LogP contribution is 2.49. The van der Waals surface area contributed by atoms with Gasteiger partial charge in [-0.15, -0.1) is 0 Å². The molecule has 20 heavy (non-hydrogen) atoms. The Hall–Kier alpha value is -1.30. The average molecular weight is 333 g/mol. The van der Waals surface area contributed by atoms with E-state index in [4.69, 9.17) is 4.74 Å². The summed E-state index contributed by atoms with van der Waals surface area (Å²) in [5, 5.41) is 19.1. The number of hydrogen-bond acceptors (Lipinski definition) is 3. The van der Waals surface area contributed by atoms with Gasteiger partial charge in [0.1, 0.15) is 11.5 Å². The lowest BCUT2D eigenvalue weighted by Crippen LogP contribution is -2.35. The van der Waals surface area contributed by atoms with E-state index in [1.807, 2.05) is 30.3 Å². The molecule has 0 atom stereocenters. The van der Waals surface area contributed by atoms with Crippen LogP contribution in [0.2, 0.25) is 0 Å². The van der Waals surface area contributed by atoms with Gasteiger partial charge in [-0.25, -0.2) is 0 Å². The van der Waals surface area contributed by atoms with Crippen LogP contribution in [0.1, 0.15) is 25.0 Å². The molecule has 2 N–H and O–H groups in total. The lowest BCUT2D eigenvalue weighted by Gasteiger charge is -2.35. The Kier molecular flexibility index (Phi) is 3.16. The van der Waals surface area contributed by atoms with E-state index in [1.54, 1.807) is 6.07 Å². The van der Waals surface area contributed by atoms with E-state index < -0.39 is 7.12 Å². The third kappa shape index (κ3) is 1.89. The summed E-state index contributed by atoms with van der Waals surface area (Å²) in [5.41, 5.74) is 2.15. The van der Waals surface area contributed by atoms with E-state index in [2.05, 4.69) is 29.8 Å². The van der Waals surface area contributed by atoms with E-state index in [-0.39, 0.29) is 5.41 Å². The first kappa shape index (κ1) is 13.7. The summed E-state index contributed by atoms with van der Waals surface area (Å²) in [4.78, 5) is 0. The predicted octanol–water partition coefficient (Wildman–Crippen LogP) is 2.56. The number of halogens is 1. The number of hydrogen-bond donors (Lipinski definition) is 2. The van der Waals surface area contributed by atoms with Crippen LogP contribution in [-0.2, 0) is 5.41 Å². The average Bonchev–Trinajstić information content (AvgIpc) is 2.39. The molecule has 0 spiro atoms. The van der Waals surface area contributed by atoms with Crippen LogP contribution in [0.3, 0.4) is 0 Å². The minimum absolute atomic E-state index is 0.266. The molecule has 1 aliphatic rings. The Morgan fingerprint density at radius 2 is 1.60 bits per heavy atom. The van der Waals surface area contributed by atoms with Crippen LogP contribution < -0.4 is 10.2 Å². The molecule has 0 aromatic heterocycles. The van der Waals surface area contributed by atoms with Crippen molar-refractivity contribution in [3.63, 3.8) is 0 Å². The third-order valence-corrected chi connectivity index (χ3v) is 4.47. The Bertz CT molecular complexity index is 683. The predicted molar refractivity (Wildman–Crippen MR) is 82.6 cm³/mol. The van der Waals surface area contributed by atoms with Gasteiger partial charge in [-0.05, 0) is 22.0 Å². The molecule has 1 heterocycles. The molecule has 0 amide bonds. The summed E-state index contributed by atoms with van der Waals surface area (Å²) in [6.07, 6.45) is 0. The summed E-state index contributed by atoms with van der Waals surface area (Å²) in [5.74, 6) is 1.27. The van der Waals surface area contributed by atoms with Gasteiger partial charge in [0.05, 0.1) is 4.47 Å². The molecular formula is C15H14BBrO3. The van der Waals surface area contributed by atoms with Gasteiger partial charge in [0.2, 0.25) is 0 Å². The summed E-state index contributed by atoms with van der Waals surface area (Å²) in [6, 6.07) is 11.4. The van der Waals surface area contributed by atoms with Gasteiger partial charge < -0.3 is 14.8 Å². The standard InChI is InChI=1S/C15H14BBrO3/c1-15(2)9-5-3-7-11(16(18)19)13(9)20-14-10(15)6-4-8-12(14)17/h3-8,18-19H,1-2H3. The molecule has 3 rings (SSSR count). The van der Waals surface area contributed by atoms with E-state index in [0.29, 0.717) is 11.2 Å². The van der Waals surface area contributed by atoms with Gasteiger partial charge in [-0.1, -0.05) is 44.2 Å². The minimum Gasteiger partial charge on any atom is -0.456 e. The second-order valence-electron chi connectivity index (χ2n) is 5.44. The van der Waals surface area contributed by atoms with Gasteiger partial charge in [0, 0.05) is 22.0 Å². The van der Waals surface area contributed by atoms with E-state index in [9.17, 15) is 10.0 Å². The maximum atomic E-state index is 9.53. The first-order valence-corrected chi connectivity index (χ1v) is 7.18. The van der Waals surface area contributed by atoms with Gasteiger partial charge in [0.25, 0.3) is 0 Å². The zero-order valence-electron chi connectivity index (χ0n) is 11.2. The maximum absolute atomic E-state index is 9.53. The van der Waals surface area contributed by atoms with Crippen molar-refractivity contribution in [2.24, 2.45) is 0 Å². The lowest BCUT2D eigenvalue weighted by molar-refractivity contribution is 0.404. The number of rotatable bonds is 1. The Labute approximate surface area is 126 Å². The third-order valence-electron chi connectivity index (χ3n) is 3.84. The topological polar surface area (TPSA) is 49.7 Å². The van der Waals surface area contributed by atoms with Crippen LogP contribution in [0.5, 0.6) is 11.5 Å². The van der Waals surface area contributed by atoms with Gasteiger partial charge in [-0.3, -0.25) is 0 Å². The van der Waals surface area contributed by atoms with Gasteiger partial charge >= 0.3 is 7.12 Å². The molecule has 0 aliphatic carbocycles. The fourth-order valence-electron chi connectivity index (χ4n) is 2.72. The summed E-state index contributed by atoms with van der Waals surface area (Å²) < 4.78 is 6.83. The SMILES string of the molecule is CC1(C)c2cccc(Br)c2Oc2c(B(O)O)cccc21. The van der Waals surface area contributed by atoms with Gasteiger partial charge in [-0.2, -0.15) is 0 Å². The molecule has 3 nitrogen and oxygen atoms in total. The first-order valence-electron chi connectivity index (χ1n) is 6.39. The van der Waals surface area contributed by atoms with Crippen molar-refractivity contribution >= 4 is 28.5 Å². The fraction of sp³-hybridized carbons (Fsp3) is 0.200. The molecule has 0 fully saturated rings. The summed E-state index contributed by atoms with van der Waals surface area (Å²) >= 11 is 3.50. The van der Waals surface area contributed by atoms with Crippen molar-refractivity contribution in [3.8, 4) is 11.5 Å². The molecule has 0 saturated heterocycles. The van der Waals surface area contributed by atoms with Crippen molar-refractivity contribution in [3.05, 3.63) is 52.0 Å². The zero-order chi connectivity index (χ0) is 14.5. The largest absolute Gasteiger partial charge is 0.492 e. The Balaban J connectivity index is 2.30. The zero-order valence-corrected chi connectivity index (χ0v) is 12.8.